The van der Waals surface area contributed by atoms with Crippen molar-refractivity contribution in [2.45, 2.75) is 25.8 Å². The molecule has 2 aliphatic rings. The second kappa shape index (κ2) is 9.07. The molecule has 1 saturated heterocycles. The molecule has 30 heavy (non-hydrogen) atoms. The van der Waals surface area contributed by atoms with E-state index in [1.807, 2.05) is 23.4 Å². The van der Waals surface area contributed by atoms with Crippen molar-refractivity contribution in [3.05, 3.63) is 36.0 Å². The molecule has 160 valence electrons. The number of rotatable bonds is 8. The number of nitrogens with one attached hydrogen (secondary N) is 2. The third-order valence-corrected chi connectivity index (χ3v) is 6.67. The molecule has 1 aromatic carbocycles. The molecule has 4 rings (SSSR count). The van der Waals surface area contributed by atoms with E-state index in [-0.39, 0.29) is 0 Å². The van der Waals surface area contributed by atoms with Crippen molar-refractivity contribution in [2.75, 3.05) is 47.5 Å². The van der Waals surface area contributed by atoms with Gasteiger partial charge in [-0.05, 0) is 44.0 Å². The number of carbonyl (C=O) groups is 1. The van der Waals surface area contributed by atoms with Crippen LogP contribution in [0.15, 0.2) is 30.5 Å². The van der Waals surface area contributed by atoms with E-state index in [1.165, 1.54) is 6.20 Å². The van der Waals surface area contributed by atoms with Gasteiger partial charge in [-0.3, -0.25) is 4.79 Å². The summed E-state index contributed by atoms with van der Waals surface area (Å²) < 4.78 is 14.0. The SMILES string of the molecule is CC[S+]([O-])N1CCN(c2ccc(Nc3ncc(C(N)=O)c(NC4CC4)n3)cc2)CC1. The lowest BCUT2D eigenvalue weighted by atomic mass is 10.2. The van der Waals surface area contributed by atoms with Crippen molar-refractivity contribution >= 4 is 40.4 Å². The second-order valence-electron chi connectivity index (χ2n) is 7.44. The minimum absolute atomic E-state index is 0.297. The lowest BCUT2D eigenvalue weighted by Crippen LogP contribution is -2.49. The average Bonchev–Trinajstić information content (AvgIpc) is 3.58. The molecule has 0 radical (unpaired) electrons. The van der Waals surface area contributed by atoms with Crippen molar-refractivity contribution in [1.82, 2.24) is 14.3 Å². The Balaban J connectivity index is 1.39. The zero-order valence-corrected chi connectivity index (χ0v) is 17.8. The molecule has 1 amide bonds. The largest absolute Gasteiger partial charge is 0.598 e. The topological polar surface area (TPSA) is 122 Å². The van der Waals surface area contributed by atoms with Gasteiger partial charge in [0.2, 0.25) is 5.95 Å². The maximum atomic E-state index is 11.9. The number of aromatic nitrogens is 2. The molecular weight excluding hydrogens is 402 g/mol. The first-order chi connectivity index (χ1) is 14.5. The van der Waals surface area contributed by atoms with Crippen molar-refractivity contribution in [2.24, 2.45) is 5.73 Å². The summed E-state index contributed by atoms with van der Waals surface area (Å²) in [6, 6.07) is 8.41. The zero-order chi connectivity index (χ0) is 21.1. The predicted octanol–water partition coefficient (Wildman–Crippen LogP) is 1.70. The molecule has 1 saturated carbocycles. The third kappa shape index (κ3) is 4.94. The molecule has 1 aromatic heterocycles. The molecule has 0 bridgehead atoms. The lowest BCUT2D eigenvalue weighted by molar-refractivity contribution is 0.100. The fraction of sp³-hybridized carbons (Fsp3) is 0.450. The maximum absolute atomic E-state index is 11.9. The third-order valence-electron chi connectivity index (χ3n) is 5.23. The average molecular weight is 430 g/mol. The summed E-state index contributed by atoms with van der Waals surface area (Å²) in [5.41, 5.74) is 7.71. The van der Waals surface area contributed by atoms with Gasteiger partial charge < -0.3 is 25.8 Å². The highest BCUT2D eigenvalue weighted by Gasteiger charge is 2.25. The molecule has 10 heteroatoms. The molecule has 1 atom stereocenters. The van der Waals surface area contributed by atoms with Crippen molar-refractivity contribution in [1.29, 1.82) is 0 Å². The molecular formula is C20H27N7O2S. The number of nitrogens with zero attached hydrogens (tertiary/aromatic N) is 4. The van der Waals surface area contributed by atoms with E-state index in [0.717, 1.165) is 50.4 Å². The Bertz CT molecular complexity index is 883. The fourth-order valence-corrected chi connectivity index (χ4v) is 4.31. The molecule has 1 aliphatic carbocycles. The zero-order valence-electron chi connectivity index (χ0n) is 17.0. The van der Waals surface area contributed by atoms with Crippen molar-refractivity contribution in [3.63, 3.8) is 0 Å². The van der Waals surface area contributed by atoms with Gasteiger partial charge in [0.25, 0.3) is 5.91 Å². The van der Waals surface area contributed by atoms with E-state index in [9.17, 15) is 9.35 Å². The highest BCUT2D eigenvalue weighted by Crippen LogP contribution is 2.27. The van der Waals surface area contributed by atoms with Gasteiger partial charge in [-0.25, -0.2) is 4.98 Å². The summed E-state index contributed by atoms with van der Waals surface area (Å²) in [4.78, 5) is 22.6. The summed E-state index contributed by atoms with van der Waals surface area (Å²) in [6.07, 6.45) is 3.58. The normalized spacial score (nSPS) is 18.1. The van der Waals surface area contributed by atoms with Crippen LogP contribution in [0.1, 0.15) is 30.1 Å². The van der Waals surface area contributed by atoms with Gasteiger partial charge in [0.15, 0.2) is 0 Å². The van der Waals surface area contributed by atoms with E-state index < -0.39 is 17.3 Å². The summed E-state index contributed by atoms with van der Waals surface area (Å²) in [5, 5.41) is 6.42. The first-order valence-electron chi connectivity index (χ1n) is 10.2. The van der Waals surface area contributed by atoms with E-state index in [0.29, 0.717) is 29.1 Å². The van der Waals surface area contributed by atoms with Gasteiger partial charge in [0.05, 0.1) is 18.7 Å². The molecule has 1 unspecified atom stereocenters. The maximum Gasteiger partial charge on any atom is 0.254 e. The summed E-state index contributed by atoms with van der Waals surface area (Å²) in [6.45, 7) is 5.26. The summed E-state index contributed by atoms with van der Waals surface area (Å²) in [5.74, 6) is 1.01. The Kier molecular flexibility index (Phi) is 6.26. The smallest absolute Gasteiger partial charge is 0.254 e. The molecule has 2 heterocycles. The molecule has 4 N–H and O–H groups in total. The fourth-order valence-electron chi connectivity index (χ4n) is 3.37. The Morgan fingerprint density at radius 1 is 1.23 bits per heavy atom. The second-order valence-corrected chi connectivity index (χ2v) is 9.17. The van der Waals surface area contributed by atoms with Crippen LogP contribution >= 0.6 is 0 Å². The number of nitrogens with two attached hydrogens (primary N) is 1. The molecule has 2 aromatic rings. The number of hydrogen-bond donors (Lipinski definition) is 3. The standard InChI is InChI=1S/C20H27N7O2S/c1-2-30(29)27-11-9-26(10-12-27)16-7-5-15(6-8-16)24-20-22-13-17(18(21)28)19(25-20)23-14-3-4-14/h5-8,13-14H,2-4,9-12H2,1H3,(H2,21,28)(H2,22,23,24,25). The van der Waals surface area contributed by atoms with Gasteiger partial charge in [0, 0.05) is 48.1 Å². The highest BCUT2D eigenvalue weighted by molar-refractivity contribution is 7.89. The Morgan fingerprint density at radius 2 is 1.93 bits per heavy atom. The number of primary amides is 1. The Hall–Kier alpha value is -2.56. The van der Waals surface area contributed by atoms with Crippen molar-refractivity contribution in [3.8, 4) is 0 Å². The van der Waals surface area contributed by atoms with Crippen LogP contribution in [-0.2, 0) is 11.4 Å². The van der Waals surface area contributed by atoms with Crippen LogP contribution < -0.4 is 21.3 Å². The van der Waals surface area contributed by atoms with Crippen molar-refractivity contribution < 1.29 is 9.35 Å². The first-order valence-corrected chi connectivity index (χ1v) is 11.5. The number of hydrogen-bond acceptors (Lipinski definition) is 8. The van der Waals surface area contributed by atoms with Crippen LogP contribution in [-0.4, -0.2) is 62.7 Å². The van der Waals surface area contributed by atoms with Gasteiger partial charge in [-0.15, -0.1) is 4.31 Å². The monoisotopic (exact) mass is 429 g/mol. The van der Waals surface area contributed by atoms with Gasteiger partial charge in [0.1, 0.15) is 11.6 Å². The summed E-state index contributed by atoms with van der Waals surface area (Å²) >= 11 is -0.869. The Morgan fingerprint density at radius 3 is 2.53 bits per heavy atom. The molecule has 0 spiro atoms. The molecule has 2 fully saturated rings. The van der Waals surface area contributed by atoms with Crippen LogP contribution in [0.2, 0.25) is 0 Å². The summed E-state index contributed by atoms with van der Waals surface area (Å²) in [7, 11) is 0. The minimum Gasteiger partial charge on any atom is -0.598 e. The number of anilines is 4. The van der Waals surface area contributed by atoms with Crippen LogP contribution in [0.3, 0.4) is 0 Å². The lowest BCUT2D eigenvalue weighted by Gasteiger charge is -2.35. The van der Waals surface area contributed by atoms with Gasteiger partial charge in [-0.1, -0.05) is 0 Å². The van der Waals surface area contributed by atoms with Crippen LogP contribution in [0.5, 0.6) is 0 Å². The van der Waals surface area contributed by atoms with Gasteiger partial charge >= 0.3 is 0 Å². The number of carbonyl (C=O) groups excluding carboxylic acids is 1. The predicted molar refractivity (Wildman–Crippen MR) is 119 cm³/mol. The minimum atomic E-state index is -0.869. The van der Waals surface area contributed by atoms with E-state index >= 15 is 0 Å². The first kappa shape index (κ1) is 20.7. The van der Waals surface area contributed by atoms with E-state index in [1.54, 1.807) is 0 Å². The van der Waals surface area contributed by atoms with Gasteiger partial charge in [-0.2, -0.15) is 4.98 Å². The number of benzene rings is 1. The van der Waals surface area contributed by atoms with E-state index in [4.69, 9.17) is 5.73 Å². The Labute approximate surface area is 179 Å². The van der Waals surface area contributed by atoms with Crippen LogP contribution in [0.4, 0.5) is 23.1 Å². The molecule has 1 aliphatic heterocycles. The van der Waals surface area contributed by atoms with Crippen LogP contribution in [0, 0.1) is 0 Å². The number of piperazine rings is 1. The quantitative estimate of drug-likeness (QED) is 0.542. The van der Waals surface area contributed by atoms with E-state index in [2.05, 4.69) is 37.6 Å². The molecule has 9 nitrogen and oxygen atoms in total. The number of amides is 1. The van der Waals surface area contributed by atoms with Crippen LogP contribution in [0.25, 0.3) is 0 Å². The highest BCUT2D eigenvalue weighted by atomic mass is 32.2.